The monoisotopic (exact) mass is 484 g/mol. The number of amides is 2. The molecule has 4 rings (SSSR count). The highest BCUT2D eigenvalue weighted by Gasteiger charge is 2.42. The van der Waals surface area contributed by atoms with Gasteiger partial charge in [0.25, 0.3) is 5.56 Å². The van der Waals surface area contributed by atoms with Crippen LogP contribution in [0.4, 0.5) is 16.3 Å². The Morgan fingerprint density at radius 2 is 2.00 bits per heavy atom. The molecule has 11 heteroatoms. The molecular formula is C23H28N6O4S. The fraction of sp³-hybridized carbons (Fsp3) is 0.435. The number of ether oxygens (including phenoxy) is 1. The van der Waals surface area contributed by atoms with E-state index in [9.17, 15) is 14.4 Å². The summed E-state index contributed by atoms with van der Waals surface area (Å²) in [6.45, 7) is 9.57. The Bertz CT molecular complexity index is 1340. The molecule has 1 aliphatic rings. The highest BCUT2D eigenvalue weighted by Crippen LogP contribution is 2.38. The summed E-state index contributed by atoms with van der Waals surface area (Å²) in [5.41, 5.74) is 4.36. The number of pyridine rings is 1. The maximum absolute atomic E-state index is 13.0. The average Bonchev–Trinajstić information content (AvgIpc) is 3.25. The predicted octanol–water partition coefficient (Wildman–Crippen LogP) is 3.32. The first kappa shape index (κ1) is 23.7. The molecule has 10 nitrogen and oxygen atoms in total. The molecule has 2 amide bonds. The van der Waals surface area contributed by atoms with Gasteiger partial charge in [-0.2, -0.15) is 0 Å². The second kappa shape index (κ2) is 8.39. The zero-order valence-electron chi connectivity index (χ0n) is 19.8. The molecule has 4 N–H and O–H groups in total. The third-order valence-corrected chi connectivity index (χ3v) is 6.56. The van der Waals surface area contributed by atoms with Crippen LogP contribution in [-0.4, -0.2) is 32.1 Å². The molecule has 1 aliphatic heterocycles. The fourth-order valence-electron chi connectivity index (χ4n) is 3.99. The summed E-state index contributed by atoms with van der Waals surface area (Å²) in [6.07, 6.45) is 2.90. The van der Waals surface area contributed by atoms with E-state index < -0.39 is 28.7 Å². The second-order valence-electron chi connectivity index (χ2n) is 9.98. The number of carbonyl (C=O) groups is 2. The summed E-state index contributed by atoms with van der Waals surface area (Å²) in [5.74, 6) is 0.683. The van der Waals surface area contributed by atoms with E-state index in [0.717, 1.165) is 15.0 Å². The number of hydrogen-bond acceptors (Lipinski definition) is 8. The molecule has 0 saturated heterocycles. The number of carbonyl (C=O) groups excluding carboxylic acids is 2. The number of fused-ring (bicyclic) bond motifs is 2. The molecule has 0 aromatic carbocycles. The van der Waals surface area contributed by atoms with Crippen LogP contribution >= 0.6 is 11.3 Å². The van der Waals surface area contributed by atoms with Gasteiger partial charge in [0.15, 0.2) is 0 Å². The van der Waals surface area contributed by atoms with Crippen molar-refractivity contribution in [2.24, 2.45) is 0 Å². The number of nitrogens with one attached hydrogen (secondary N) is 2. The lowest BCUT2D eigenvalue weighted by atomic mass is 9.89. The average molecular weight is 485 g/mol. The maximum Gasteiger partial charge on any atom is 0.413 e. The van der Waals surface area contributed by atoms with Crippen molar-refractivity contribution >= 4 is 44.9 Å². The van der Waals surface area contributed by atoms with Gasteiger partial charge in [0.1, 0.15) is 29.0 Å². The van der Waals surface area contributed by atoms with Gasteiger partial charge in [0.2, 0.25) is 5.91 Å². The Balaban J connectivity index is 1.46. The van der Waals surface area contributed by atoms with E-state index in [-0.39, 0.29) is 11.6 Å². The van der Waals surface area contributed by atoms with Crippen LogP contribution in [0.3, 0.4) is 0 Å². The minimum atomic E-state index is -0.672. The smallest absolute Gasteiger partial charge is 0.413 e. The van der Waals surface area contributed by atoms with E-state index in [0.29, 0.717) is 24.6 Å². The van der Waals surface area contributed by atoms with Crippen molar-refractivity contribution < 1.29 is 14.3 Å². The van der Waals surface area contributed by atoms with Gasteiger partial charge in [0, 0.05) is 26.6 Å². The Morgan fingerprint density at radius 3 is 2.71 bits per heavy atom. The third-order valence-electron chi connectivity index (χ3n) is 5.46. The lowest BCUT2D eigenvalue weighted by Crippen LogP contribution is -2.36. The molecular weight excluding hydrogens is 456 g/mol. The van der Waals surface area contributed by atoms with Crippen molar-refractivity contribution in [3.63, 3.8) is 0 Å². The van der Waals surface area contributed by atoms with Gasteiger partial charge < -0.3 is 15.8 Å². The van der Waals surface area contributed by atoms with Gasteiger partial charge >= 0.3 is 6.09 Å². The molecule has 0 radical (unpaired) electrons. The van der Waals surface area contributed by atoms with Crippen molar-refractivity contribution in [1.82, 2.24) is 19.9 Å². The molecule has 3 aromatic heterocycles. The molecule has 34 heavy (non-hydrogen) atoms. The largest absolute Gasteiger partial charge is 0.444 e. The summed E-state index contributed by atoms with van der Waals surface area (Å²) in [6, 6.07) is 3.02. The Kier molecular flexibility index (Phi) is 5.84. The maximum atomic E-state index is 13.0. The van der Waals surface area contributed by atoms with Crippen LogP contribution in [0.5, 0.6) is 0 Å². The van der Waals surface area contributed by atoms with Crippen molar-refractivity contribution in [3.8, 4) is 0 Å². The fourth-order valence-corrected chi connectivity index (χ4v) is 5.01. The van der Waals surface area contributed by atoms with Gasteiger partial charge in [-0.05, 0) is 39.3 Å². The first-order valence-corrected chi connectivity index (χ1v) is 11.7. The molecule has 1 atom stereocenters. The number of nitrogens with two attached hydrogens (primary N) is 1. The standard InChI is InChI=1S/C23H28N6O4S/c1-22(2,3)33-21(32)28-17-7-16-12(9-25-17)6-13(34-16)10-26-18(30)15-8-23(4,5)20-27-11-14(24)19(31)29(15)20/h6-7,9,11,15H,8,10,24H2,1-5H3,(H,26,30)(H,25,28,32)/t15-/m0/s1. The number of aromatic nitrogens is 3. The molecule has 0 unspecified atom stereocenters. The highest BCUT2D eigenvalue weighted by molar-refractivity contribution is 7.19. The molecule has 0 saturated carbocycles. The Labute approximate surface area is 200 Å². The number of rotatable bonds is 4. The summed E-state index contributed by atoms with van der Waals surface area (Å²) >= 11 is 1.48. The van der Waals surface area contributed by atoms with Gasteiger partial charge in [-0.3, -0.25) is 19.5 Å². The van der Waals surface area contributed by atoms with E-state index >= 15 is 0 Å². The molecule has 0 bridgehead atoms. The van der Waals surface area contributed by atoms with Crippen molar-refractivity contribution in [3.05, 3.63) is 45.6 Å². The number of hydrogen-bond donors (Lipinski definition) is 3. The molecule has 4 heterocycles. The lowest BCUT2D eigenvalue weighted by molar-refractivity contribution is -0.124. The minimum Gasteiger partial charge on any atom is -0.444 e. The number of thiophene rings is 1. The van der Waals surface area contributed by atoms with Crippen LogP contribution in [0.2, 0.25) is 0 Å². The van der Waals surface area contributed by atoms with Crippen LogP contribution in [-0.2, 0) is 21.5 Å². The summed E-state index contributed by atoms with van der Waals surface area (Å²) < 4.78 is 7.58. The zero-order valence-corrected chi connectivity index (χ0v) is 20.6. The van der Waals surface area contributed by atoms with Gasteiger partial charge in [0.05, 0.1) is 12.7 Å². The molecule has 0 fully saturated rings. The van der Waals surface area contributed by atoms with Crippen LogP contribution in [0, 0.1) is 0 Å². The molecule has 0 aliphatic carbocycles. The third kappa shape index (κ3) is 4.74. The number of anilines is 2. The second-order valence-corrected chi connectivity index (χ2v) is 11.1. The van der Waals surface area contributed by atoms with E-state index in [1.165, 1.54) is 22.1 Å². The van der Waals surface area contributed by atoms with Crippen molar-refractivity contribution in [2.45, 2.75) is 64.6 Å². The van der Waals surface area contributed by atoms with Gasteiger partial charge in [-0.25, -0.2) is 14.8 Å². The number of nitrogen functional groups attached to an aromatic ring is 1. The first-order valence-electron chi connectivity index (χ1n) is 10.9. The van der Waals surface area contributed by atoms with E-state index in [1.807, 2.05) is 19.9 Å². The van der Waals surface area contributed by atoms with E-state index in [1.54, 1.807) is 33.0 Å². The quantitative estimate of drug-likeness (QED) is 0.516. The van der Waals surface area contributed by atoms with E-state index in [2.05, 4.69) is 20.6 Å². The first-order chi connectivity index (χ1) is 15.8. The summed E-state index contributed by atoms with van der Waals surface area (Å²) in [7, 11) is 0. The van der Waals surface area contributed by atoms with Crippen LogP contribution < -0.4 is 21.9 Å². The SMILES string of the molecule is CC(C)(C)OC(=O)Nc1cc2sc(CNC(=O)[C@@H]3CC(C)(C)c4ncc(N)c(=O)n43)cc2cn1. The van der Waals surface area contributed by atoms with Crippen molar-refractivity contribution in [2.75, 3.05) is 11.1 Å². The van der Waals surface area contributed by atoms with Crippen LogP contribution in [0.15, 0.2) is 29.3 Å². The summed E-state index contributed by atoms with van der Waals surface area (Å²) in [5, 5.41) is 6.46. The van der Waals surface area contributed by atoms with Crippen LogP contribution in [0.1, 0.15) is 57.8 Å². The topological polar surface area (TPSA) is 141 Å². The molecule has 3 aromatic rings. The van der Waals surface area contributed by atoms with Crippen LogP contribution in [0.25, 0.3) is 10.1 Å². The predicted molar refractivity (Wildman–Crippen MR) is 131 cm³/mol. The Hall–Kier alpha value is -3.47. The molecule has 0 spiro atoms. The highest BCUT2D eigenvalue weighted by atomic mass is 32.1. The number of nitrogens with zero attached hydrogens (tertiary/aromatic N) is 3. The normalized spacial score (nSPS) is 16.8. The molecule has 180 valence electrons. The zero-order chi connectivity index (χ0) is 24.8. The summed E-state index contributed by atoms with van der Waals surface area (Å²) in [4.78, 5) is 47.1. The van der Waals surface area contributed by atoms with E-state index in [4.69, 9.17) is 10.5 Å². The van der Waals surface area contributed by atoms with Gasteiger partial charge in [-0.1, -0.05) is 13.8 Å². The lowest BCUT2D eigenvalue weighted by Gasteiger charge is -2.19. The Morgan fingerprint density at radius 1 is 1.26 bits per heavy atom. The van der Waals surface area contributed by atoms with Crippen molar-refractivity contribution in [1.29, 1.82) is 0 Å². The van der Waals surface area contributed by atoms with Gasteiger partial charge in [-0.15, -0.1) is 11.3 Å². The minimum absolute atomic E-state index is 0.0204.